The molecule has 0 aliphatic rings. The first-order valence-electron chi connectivity index (χ1n) is 9.41. The number of benzene rings is 1. The molecule has 1 N–H and O–H groups in total. The van der Waals surface area contributed by atoms with Gasteiger partial charge in [-0.25, -0.2) is 9.97 Å². The van der Waals surface area contributed by atoms with Crippen LogP contribution < -0.4 is 0 Å². The molecule has 0 amide bonds. The van der Waals surface area contributed by atoms with E-state index in [1.165, 1.54) is 30.0 Å². The molecule has 4 heterocycles. The van der Waals surface area contributed by atoms with Crippen LogP contribution in [0.4, 0.5) is 13.2 Å². The number of hydrogen-bond acceptors (Lipinski definition) is 8. The molecule has 0 bridgehead atoms. The number of aliphatic hydroxyl groups is 1. The van der Waals surface area contributed by atoms with Gasteiger partial charge in [0.05, 0.1) is 10.4 Å². The van der Waals surface area contributed by atoms with Crippen LogP contribution in [0.3, 0.4) is 0 Å². The Bertz CT molecular complexity index is 1410. The normalized spacial score (nSPS) is 14.3. The van der Waals surface area contributed by atoms with Crippen molar-refractivity contribution in [1.82, 2.24) is 24.6 Å². The minimum absolute atomic E-state index is 0.219. The van der Waals surface area contributed by atoms with Crippen molar-refractivity contribution in [3.63, 3.8) is 0 Å². The molecule has 1 aromatic carbocycles. The van der Waals surface area contributed by atoms with Crippen LogP contribution in [0.15, 0.2) is 57.3 Å². The molecule has 5 aromatic rings. The highest BCUT2D eigenvalue weighted by molar-refractivity contribution is 8.01. The lowest BCUT2D eigenvalue weighted by molar-refractivity contribution is -0.266. The van der Waals surface area contributed by atoms with Crippen LogP contribution >= 0.6 is 34.4 Å². The zero-order valence-electron chi connectivity index (χ0n) is 16.4. The van der Waals surface area contributed by atoms with Crippen LogP contribution in [0.2, 0.25) is 0 Å². The van der Waals surface area contributed by atoms with Crippen molar-refractivity contribution in [1.29, 1.82) is 0 Å². The predicted molar refractivity (Wildman–Crippen MR) is 118 cm³/mol. The van der Waals surface area contributed by atoms with E-state index < -0.39 is 18.2 Å². The smallest absolute Gasteiger partial charge is 0.376 e. The molecule has 0 radical (unpaired) electrons. The summed E-state index contributed by atoms with van der Waals surface area (Å²) in [5.74, 6) is 0.623. The fourth-order valence-electron chi connectivity index (χ4n) is 3.31. The quantitative estimate of drug-likeness (QED) is 0.335. The van der Waals surface area contributed by atoms with Crippen molar-refractivity contribution in [2.45, 2.75) is 34.4 Å². The molecule has 0 saturated carbocycles. The summed E-state index contributed by atoms with van der Waals surface area (Å²) in [5.41, 5.74) is -1.39. The number of halogens is 3. The van der Waals surface area contributed by atoms with Crippen LogP contribution in [0.5, 0.6) is 0 Å². The average Bonchev–Trinajstić information content (AvgIpc) is 3.52. The summed E-state index contributed by atoms with van der Waals surface area (Å²) in [6.45, 7) is 1.30. The molecule has 6 nitrogen and oxygen atoms in total. The highest BCUT2D eigenvalue weighted by atomic mass is 32.2. The molecule has 0 fully saturated rings. The van der Waals surface area contributed by atoms with Crippen molar-refractivity contribution in [3.05, 3.63) is 53.0 Å². The van der Waals surface area contributed by atoms with Gasteiger partial charge >= 0.3 is 6.18 Å². The van der Waals surface area contributed by atoms with Gasteiger partial charge in [-0.15, -0.1) is 32.9 Å². The monoisotopic (exact) mass is 493 g/mol. The Morgan fingerprint density at radius 1 is 1.12 bits per heavy atom. The summed E-state index contributed by atoms with van der Waals surface area (Å²) < 4.78 is 42.4. The Morgan fingerprint density at radius 2 is 1.94 bits per heavy atom. The summed E-state index contributed by atoms with van der Waals surface area (Å²) in [6, 6.07) is 9.53. The van der Waals surface area contributed by atoms with Crippen molar-refractivity contribution >= 4 is 51.0 Å². The molecule has 0 saturated heterocycles. The number of rotatable bonds is 5. The molecular formula is C20H14F3N5OS3. The van der Waals surface area contributed by atoms with Crippen molar-refractivity contribution < 1.29 is 18.3 Å². The molecule has 0 spiro atoms. The SMILES string of the molecule is CCC(O)(c1cnc(Sc2ccc3ccc4nnc(-c5nccs5)n4c3c2)s1)C(F)(F)F. The maximum atomic E-state index is 13.4. The fourth-order valence-corrected chi connectivity index (χ4v) is 6.09. The minimum Gasteiger partial charge on any atom is -0.376 e. The molecule has 0 aliphatic carbocycles. The number of hydrogen-bond donors (Lipinski definition) is 1. The largest absolute Gasteiger partial charge is 0.422 e. The summed E-state index contributed by atoms with van der Waals surface area (Å²) in [7, 11) is 0. The lowest BCUT2D eigenvalue weighted by Gasteiger charge is -2.27. The summed E-state index contributed by atoms with van der Waals surface area (Å²) in [6.07, 6.45) is -2.45. The third kappa shape index (κ3) is 3.47. The highest BCUT2D eigenvalue weighted by Gasteiger charge is 2.54. The minimum atomic E-state index is -4.77. The molecular weight excluding hydrogens is 479 g/mol. The van der Waals surface area contributed by atoms with Gasteiger partial charge in [0.25, 0.3) is 0 Å². The van der Waals surface area contributed by atoms with E-state index in [9.17, 15) is 18.3 Å². The van der Waals surface area contributed by atoms with E-state index in [0.717, 1.165) is 38.3 Å². The molecule has 0 aliphatic heterocycles. The van der Waals surface area contributed by atoms with E-state index in [1.54, 1.807) is 6.20 Å². The lowest BCUT2D eigenvalue weighted by Crippen LogP contribution is -2.40. The van der Waals surface area contributed by atoms with Crippen LogP contribution in [0.1, 0.15) is 18.2 Å². The standard InChI is InChI=1S/C20H14F3N5OS3/c1-2-19(29,20(21,22)23)14-10-25-18(32-14)31-12-5-3-11-4-6-15-26-27-16(17-24-7-8-30-17)28(15)13(11)9-12/h3-10,29H,2H2,1H3. The maximum absolute atomic E-state index is 13.4. The average molecular weight is 494 g/mol. The van der Waals surface area contributed by atoms with Gasteiger partial charge in [-0.05, 0) is 36.1 Å². The van der Waals surface area contributed by atoms with E-state index in [-0.39, 0.29) is 4.88 Å². The van der Waals surface area contributed by atoms with Gasteiger partial charge in [0.1, 0.15) is 0 Å². The second kappa shape index (κ2) is 7.80. The van der Waals surface area contributed by atoms with Crippen LogP contribution in [-0.2, 0) is 5.60 Å². The first kappa shape index (κ1) is 21.3. The third-order valence-electron chi connectivity index (χ3n) is 5.04. The number of nitrogens with zero attached hydrogens (tertiary/aromatic N) is 5. The van der Waals surface area contributed by atoms with E-state index in [4.69, 9.17) is 0 Å². The number of alkyl halides is 3. The van der Waals surface area contributed by atoms with Gasteiger partial charge in [-0.1, -0.05) is 24.8 Å². The number of fused-ring (bicyclic) bond motifs is 3. The van der Waals surface area contributed by atoms with Gasteiger partial charge in [0.15, 0.2) is 26.4 Å². The molecule has 164 valence electrons. The van der Waals surface area contributed by atoms with Crippen LogP contribution in [0, 0.1) is 0 Å². The summed E-state index contributed by atoms with van der Waals surface area (Å²) >= 11 is 3.53. The zero-order valence-corrected chi connectivity index (χ0v) is 18.8. The Hall–Kier alpha value is -2.54. The predicted octanol–water partition coefficient (Wildman–Crippen LogP) is 5.77. The van der Waals surface area contributed by atoms with E-state index >= 15 is 0 Å². The molecule has 1 unspecified atom stereocenters. The maximum Gasteiger partial charge on any atom is 0.422 e. The van der Waals surface area contributed by atoms with E-state index in [1.807, 2.05) is 40.1 Å². The van der Waals surface area contributed by atoms with Gasteiger partial charge in [-0.3, -0.25) is 4.40 Å². The van der Waals surface area contributed by atoms with E-state index in [2.05, 4.69) is 20.2 Å². The Labute approximate surface area is 191 Å². The van der Waals surface area contributed by atoms with Gasteiger partial charge in [0, 0.05) is 22.7 Å². The Balaban J connectivity index is 1.55. The number of aromatic nitrogens is 5. The summed E-state index contributed by atoms with van der Waals surface area (Å²) in [5, 5.41) is 22.2. The second-order valence-electron chi connectivity index (χ2n) is 6.91. The molecule has 12 heteroatoms. The Morgan fingerprint density at radius 3 is 2.66 bits per heavy atom. The fraction of sp³-hybridized carbons (Fsp3) is 0.200. The van der Waals surface area contributed by atoms with Crippen molar-refractivity contribution in [3.8, 4) is 10.8 Å². The second-order valence-corrected chi connectivity index (χ2v) is 10.2. The van der Waals surface area contributed by atoms with Gasteiger partial charge < -0.3 is 5.11 Å². The van der Waals surface area contributed by atoms with Crippen LogP contribution in [0.25, 0.3) is 27.4 Å². The van der Waals surface area contributed by atoms with Crippen molar-refractivity contribution in [2.75, 3.05) is 0 Å². The Kier molecular flexibility index (Phi) is 5.19. The van der Waals surface area contributed by atoms with Gasteiger partial charge in [-0.2, -0.15) is 13.2 Å². The molecule has 32 heavy (non-hydrogen) atoms. The number of thiazole rings is 2. The highest BCUT2D eigenvalue weighted by Crippen LogP contribution is 2.45. The first-order chi connectivity index (χ1) is 15.3. The molecule has 5 rings (SSSR count). The summed E-state index contributed by atoms with van der Waals surface area (Å²) in [4.78, 5) is 9.01. The number of pyridine rings is 1. The first-order valence-corrected chi connectivity index (χ1v) is 11.9. The van der Waals surface area contributed by atoms with Gasteiger partial charge in [0.2, 0.25) is 0 Å². The molecule has 1 atom stereocenters. The van der Waals surface area contributed by atoms with Crippen LogP contribution in [-0.4, -0.2) is 35.8 Å². The zero-order chi connectivity index (χ0) is 22.5. The van der Waals surface area contributed by atoms with Crippen molar-refractivity contribution in [2.24, 2.45) is 0 Å². The third-order valence-corrected chi connectivity index (χ3v) is 8.03. The molecule has 4 aromatic heterocycles. The topological polar surface area (TPSA) is 76.2 Å². The lowest BCUT2D eigenvalue weighted by atomic mass is 9.99. The van der Waals surface area contributed by atoms with E-state index in [0.29, 0.717) is 15.8 Å².